The zero-order valence-corrected chi connectivity index (χ0v) is 7.14. The fourth-order valence-corrected chi connectivity index (χ4v) is 0. The van der Waals surface area contributed by atoms with E-state index in [9.17, 15) is 0 Å². The summed E-state index contributed by atoms with van der Waals surface area (Å²) >= 11 is 0. The predicted octanol–water partition coefficient (Wildman–Crippen LogP) is -3.67. The minimum atomic E-state index is -4.67. The van der Waals surface area contributed by atoms with Crippen molar-refractivity contribution in [1.29, 1.82) is 0 Å². The first-order chi connectivity index (χ1) is 2.00. The van der Waals surface area contributed by atoms with Crippen LogP contribution in [0.4, 0.5) is 0 Å². The van der Waals surface area contributed by atoms with Crippen LogP contribution in [0, 0.1) is 35.6 Å². The van der Waals surface area contributed by atoms with E-state index in [4.69, 9.17) is 17.5 Å². The van der Waals surface area contributed by atoms with Crippen LogP contribution in [0.15, 0.2) is 0 Å². The van der Waals surface area contributed by atoms with Crippen molar-refractivity contribution in [3.8, 4) is 0 Å². The molecule has 0 saturated heterocycles. The monoisotopic (exact) mass is 319 g/mol. The molecule has 0 bridgehead atoms. The normalized spacial score (nSPS) is 6.44. The summed E-state index contributed by atoms with van der Waals surface area (Å²) in [5.74, 6) is 0. The zero-order valence-electron chi connectivity index (χ0n) is 2.70. The van der Waals surface area contributed by atoms with Crippen LogP contribution in [0.1, 0.15) is 0 Å². The van der Waals surface area contributed by atoms with Crippen LogP contribution in [-0.4, -0.2) is 81.0 Å². The van der Waals surface area contributed by atoms with E-state index in [0.29, 0.717) is 0 Å². The quantitative estimate of drug-likeness (QED) is 0.356. The molecule has 9 heavy (non-hydrogen) atoms. The van der Waals surface area contributed by atoms with Crippen molar-refractivity contribution in [3.05, 3.63) is 0 Å². The third kappa shape index (κ3) is 94.7. The van der Waals surface area contributed by atoms with Gasteiger partial charge in [-0.25, -0.2) is 0 Å². The molecule has 0 aromatic carbocycles. The van der Waals surface area contributed by atoms with Crippen LogP contribution in [0.2, 0.25) is 0 Å². The molecule has 0 aromatic heterocycles. The van der Waals surface area contributed by atoms with Crippen molar-refractivity contribution < 1.29 is 53.1 Å². The summed E-state index contributed by atoms with van der Waals surface area (Å²) < 4.78 is 31.6. The molecule has 0 aliphatic rings. The molecule has 49 valence electrons. The van der Waals surface area contributed by atoms with Gasteiger partial charge >= 0.3 is 56.5 Å². The van der Waals surface area contributed by atoms with Gasteiger partial charge in [0, 0.05) is 35.6 Å². The predicted molar refractivity (Wildman–Crippen MR) is 41.2 cm³/mol. The number of hydrogen-bond acceptors (Lipinski definition) is 2. The Bertz CT molecular complexity index is 102. The van der Waals surface area contributed by atoms with Gasteiger partial charge in [0.15, 0.2) is 17.4 Å². The zero-order chi connectivity index (χ0) is 4.50. The second-order valence-electron chi connectivity index (χ2n) is 0.448. The Morgan fingerprint density at radius 3 is 1.00 bits per heavy atom. The van der Waals surface area contributed by atoms with Crippen molar-refractivity contribution in [2.45, 2.75) is 0 Å². The van der Waals surface area contributed by atoms with Crippen molar-refractivity contribution in [1.82, 2.24) is 0 Å². The van der Waals surface area contributed by atoms with E-state index >= 15 is 0 Å². The van der Waals surface area contributed by atoms with Gasteiger partial charge in [-0.05, 0) is 0 Å². The van der Waals surface area contributed by atoms with E-state index in [2.05, 4.69) is 0 Å². The van der Waals surface area contributed by atoms with Gasteiger partial charge in [0.25, 0.3) is 0 Å². The van der Waals surface area contributed by atoms with Crippen LogP contribution < -0.4 is 0 Å². The van der Waals surface area contributed by atoms with Gasteiger partial charge in [0.05, 0.1) is 0 Å². The fourth-order valence-electron chi connectivity index (χ4n) is 0. The van der Waals surface area contributed by atoms with Crippen molar-refractivity contribution in [2.24, 2.45) is 0 Å². The maximum Gasteiger partial charge on any atom is 0.394 e. The Hall–Kier alpha value is 3.13. The van der Waals surface area contributed by atoms with Crippen molar-refractivity contribution in [3.63, 3.8) is 0 Å². The first-order valence-electron chi connectivity index (χ1n) is 0.698. The van der Waals surface area contributed by atoms with Gasteiger partial charge in [-0.3, -0.25) is 9.11 Å². The minimum absolute atomic E-state index is 0. The average molecular weight is 320 g/mol. The van der Waals surface area contributed by atoms with Gasteiger partial charge in [0.1, 0.15) is 0 Å². The molecule has 0 spiro atoms. The molecule has 0 aromatic rings. The molecule has 0 unspecified atom stereocenters. The largest absolute Gasteiger partial charge is 0.394 e. The molecule has 0 saturated carbocycles. The summed E-state index contributed by atoms with van der Waals surface area (Å²) in [6.07, 6.45) is 0. The van der Waals surface area contributed by atoms with E-state index < -0.39 is 10.4 Å². The maximum absolute atomic E-state index is 8.74. The van der Waals surface area contributed by atoms with E-state index in [1.807, 2.05) is 0 Å². The van der Waals surface area contributed by atoms with Gasteiger partial charge in [-0.15, -0.1) is 0 Å². The summed E-state index contributed by atoms with van der Waals surface area (Å²) in [5.41, 5.74) is 0. The average Bonchev–Trinajstić information content (AvgIpc) is 0.722. The van der Waals surface area contributed by atoms with Gasteiger partial charge in [-0.2, -0.15) is 8.42 Å². The molecular weight excluding hydrogens is 311 g/mol. The summed E-state index contributed by atoms with van der Waals surface area (Å²) in [5, 5.41) is 0. The summed E-state index contributed by atoms with van der Waals surface area (Å²) in [7, 11) is -4.67. The molecule has 0 heterocycles. The van der Waals surface area contributed by atoms with E-state index in [1.54, 1.807) is 0 Å². The molecule has 9 heteroatoms. The first-order valence-corrected chi connectivity index (χ1v) is 2.10. The van der Waals surface area contributed by atoms with Gasteiger partial charge < -0.3 is 0 Å². The molecular formula is H9AlLaMg2O4S. The van der Waals surface area contributed by atoms with Crippen LogP contribution in [0.5, 0.6) is 0 Å². The second kappa shape index (κ2) is 13.7. The second-order valence-corrected chi connectivity index (χ2v) is 1.34. The molecule has 0 atom stereocenters. The van der Waals surface area contributed by atoms with Crippen LogP contribution in [-0.2, 0) is 10.4 Å². The van der Waals surface area contributed by atoms with Gasteiger partial charge in [0.2, 0.25) is 0 Å². The summed E-state index contributed by atoms with van der Waals surface area (Å²) in [6, 6.07) is 0. The Labute approximate surface area is 125 Å². The van der Waals surface area contributed by atoms with Gasteiger partial charge in [-0.1, -0.05) is 0 Å². The molecule has 0 aliphatic heterocycles. The Morgan fingerprint density at radius 2 is 1.00 bits per heavy atom. The van der Waals surface area contributed by atoms with Crippen LogP contribution in [0.25, 0.3) is 0 Å². The van der Waals surface area contributed by atoms with Crippen LogP contribution >= 0.6 is 0 Å². The summed E-state index contributed by atoms with van der Waals surface area (Å²) in [4.78, 5) is 0. The van der Waals surface area contributed by atoms with E-state index in [-0.39, 0.29) is 99.1 Å². The first kappa shape index (κ1) is 29.6. The molecule has 0 amide bonds. The SMILES string of the molecule is O=S(=O)(O)O.[AlH3].[La].[MgH2].[MgH2]. The van der Waals surface area contributed by atoms with Crippen LogP contribution in [0.3, 0.4) is 0 Å². The molecule has 2 N–H and O–H groups in total. The number of rotatable bonds is 0. The molecule has 0 aliphatic carbocycles. The Kier molecular flexibility index (Phi) is 45.0. The summed E-state index contributed by atoms with van der Waals surface area (Å²) in [6.45, 7) is 0. The Morgan fingerprint density at radius 1 is 1.00 bits per heavy atom. The maximum atomic E-state index is 8.74. The molecule has 1 radical (unpaired) electrons. The fraction of sp³-hybridized carbons (Fsp3) is 0. The minimum Gasteiger partial charge on any atom is -0.264 e. The van der Waals surface area contributed by atoms with E-state index in [1.165, 1.54) is 0 Å². The third-order valence-corrected chi connectivity index (χ3v) is 0. The van der Waals surface area contributed by atoms with Crippen molar-refractivity contribution in [2.75, 3.05) is 0 Å². The van der Waals surface area contributed by atoms with Crippen molar-refractivity contribution >= 4 is 73.9 Å². The Balaban J connectivity index is -0.0000000133. The topological polar surface area (TPSA) is 74.6 Å². The number of hydrogen-bond donors (Lipinski definition) is 2. The molecule has 0 fully saturated rings. The smallest absolute Gasteiger partial charge is 0.264 e. The third-order valence-electron chi connectivity index (χ3n) is 0. The standard InChI is InChI=1S/Al.La.2Mg.H2O4S.7H/c;;;;1-5(2,3)4;;;;;;;/h;;;;(H2,1,2,3,4);;;;;;;. The molecule has 4 nitrogen and oxygen atoms in total. The van der Waals surface area contributed by atoms with E-state index in [0.717, 1.165) is 0 Å². The molecule has 0 rings (SSSR count).